The summed E-state index contributed by atoms with van der Waals surface area (Å²) in [5.74, 6) is 1.47. The van der Waals surface area contributed by atoms with Gasteiger partial charge >= 0.3 is 0 Å². The first-order chi connectivity index (χ1) is 11.7. The summed E-state index contributed by atoms with van der Waals surface area (Å²) in [5.41, 5.74) is 3.41. The van der Waals surface area contributed by atoms with E-state index < -0.39 is 0 Å². The molecule has 3 aromatic rings. The lowest BCUT2D eigenvalue weighted by atomic mass is 10.2. The molecule has 0 saturated heterocycles. The summed E-state index contributed by atoms with van der Waals surface area (Å²) in [7, 11) is 5.35. The third kappa shape index (κ3) is 3.35. The number of rotatable bonds is 6. The Balaban J connectivity index is 1.73. The molecule has 0 fully saturated rings. The summed E-state index contributed by atoms with van der Waals surface area (Å²) in [5, 5.41) is 0. The van der Waals surface area contributed by atoms with Crippen molar-refractivity contribution in [3.05, 3.63) is 66.7 Å². The SMILES string of the molecule is COc1ccc(N(C)Cc2ccc(-n3ccnc3)cc2)cc1OC. The third-order valence-corrected chi connectivity index (χ3v) is 3.97. The highest BCUT2D eigenvalue weighted by Gasteiger charge is 2.08. The molecule has 5 heteroatoms. The van der Waals surface area contributed by atoms with Crippen molar-refractivity contribution >= 4 is 5.69 Å². The van der Waals surface area contributed by atoms with E-state index in [9.17, 15) is 0 Å². The topological polar surface area (TPSA) is 39.5 Å². The average Bonchev–Trinajstić information content (AvgIpc) is 3.16. The van der Waals surface area contributed by atoms with E-state index in [-0.39, 0.29) is 0 Å². The van der Waals surface area contributed by atoms with Gasteiger partial charge in [-0.2, -0.15) is 0 Å². The van der Waals surface area contributed by atoms with Crippen molar-refractivity contribution in [1.29, 1.82) is 0 Å². The van der Waals surface area contributed by atoms with Crippen molar-refractivity contribution in [1.82, 2.24) is 9.55 Å². The highest BCUT2D eigenvalue weighted by molar-refractivity contribution is 5.56. The van der Waals surface area contributed by atoms with Gasteiger partial charge in [-0.1, -0.05) is 12.1 Å². The first-order valence-corrected chi connectivity index (χ1v) is 7.71. The fourth-order valence-electron chi connectivity index (χ4n) is 2.61. The smallest absolute Gasteiger partial charge is 0.162 e. The Morgan fingerprint density at radius 3 is 2.38 bits per heavy atom. The minimum atomic E-state index is 0.734. The van der Waals surface area contributed by atoms with Gasteiger partial charge in [0.05, 0.1) is 20.5 Å². The van der Waals surface area contributed by atoms with Crippen molar-refractivity contribution in [2.45, 2.75) is 6.54 Å². The molecule has 0 atom stereocenters. The maximum Gasteiger partial charge on any atom is 0.162 e. The summed E-state index contributed by atoms with van der Waals surface area (Å²) in [4.78, 5) is 6.25. The van der Waals surface area contributed by atoms with Gasteiger partial charge in [-0.15, -0.1) is 0 Å². The van der Waals surface area contributed by atoms with Crippen LogP contribution in [0.4, 0.5) is 5.69 Å². The molecule has 0 unspecified atom stereocenters. The Morgan fingerprint density at radius 1 is 1.00 bits per heavy atom. The Morgan fingerprint density at radius 2 is 1.75 bits per heavy atom. The zero-order valence-electron chi connectivity index (χ0n) is 14.1. The zero-order chi connectivity index (χ0) is 16.9. The Hall–Kier alpha value is -2.95. The number of hydrogen-bond donors (Lipinski definition) is 0. The van der Waals surface area contributed by atoms with Crippen LogP contribution in [-0.4, -0.2) is 30.8 Å². The van der Waals surface area contributed by atoms with Crippen LogP contribution in [0.2, 0.25) is 0 Å². The van der Waals surface area contributed by atoms with E-state index in [1.165, 1.54) is 5.56 Å². The first kappa shape index (κ1) is 15.9. The van der Waals surface area contributed by atoms with Gasteiger partial charge in [-0.3, -0.25) is 0 Å². The van der Waals surface area contributed by atoms with Crippen LogP contribution in [0.15, 0.2) is 61.2 Å². The predicted octanol–water partition coefficient (Wildman–Crippen LogP) is 3.53. The summed E-state index contributed by atoms with van der Waals surface area (Å²) in [6.07, 6.45) is 5.51. The molecule has 0 radical (unpaired) electrons. The van der Waals surface area contributed by atoms with Gasteiger partial charge in [0.25, 0.3) is 0 Å². The van der Waals surface area contributed by atoms with Gasteiger partial charge in [0.15, 0.2) is 11.5 Å². The molecule has 1 aromatic heterocycles. The lowest BCUT2D eigenvalue weighted by Gasteiger charge is -2.21. The Kier molecular flexibility index (Phi) is 4.70. The van der Waals surface area contributed by atoms with E-state index in [0.717, 1.165) is 29.4 Å². The van der Waals surface area contributed by atoms with Crippen LogP contribution in [0.5, 0.6) is 11.5 Å². The maximum absolute atomic E-state index is 5.37. The van der Waals surface area contributed by atoms with E-state index in [1.807, 2.05) is 29.0 Å². The average molecular weight is 323 g/mol. The van der Waals surface area contributed by atoms with Gasteiger partial charge in [0.2, 0.25) is 0 Å². The number of imidazole rings is 1. The van der Waals surface area contributed by atoms with E-state index in [4.69, 9.17) is 9.47 Å². The van der Waals surface area contributed by atoms with E-state index >= 15 is 0 Å². The molecule has 0 amide bonds. The summed E-state index contributed by atoms with van der Waals surface area (Å²) < 4.78 is 12.6. The minimum absolute atomic E-state index is 0.734. The number of methoxy groups -OCH3 is 2. The normalized spacial score (nSPS) is 10.5. The number of aromatic nitrogens is 2. The molecule has 0 aliphatic rings. The van der Waals surface area contributed by atoms with Crippen LogP contribution in [0.3, 0.4) is 0 Å². The van der Waals surface area contributed by atoms with Crippen LogP contribution in [0.1, 0.15) is 5.56 Å². The fraction of sp³-hybridized carbons (Fsp3) is 0.211. The molecule has 0 aliphatic heterocycles. The monoisotopic (exact) mass is 323 g/mol. The number of ether oxygens (including phenoxy) is 2. The second-order valence-corrected chi connectivity index (χ2v) is 5.53. The van der Waals surface area contributed by atoms with Crippen molar-refractivity contribution in [3.8, 4) is 17.2 Å². The molecule has 0 bridgehead atoms. The number of benzene rings is 2. The number of hydrogen-bond acceptors (Lipinski definition) is 4. The quantitative estimate of drug-likeness (QED) is 0.696. The minimum Gasteiger partial charge on any atom is -0.493 e. The van der Waals surface area contributed by atoms with Gasteiger partial charge in [0, 0.05) is 43.4 Å². The number of anilines is 1. The standard InChI is InChI=1S/C19H21N3O2/c1-21(17-8-9-18(23-2)19(12-17)24-3)13-15-4-6-16(7-5-15)22-11-10-20-14-22/h4-12,14H,13H2,1-3H3. The molecule has 5 nitrogen and oxygen atoms in total. The first-order valence-electron chi connectivity index (χ1n) is 7.71. The Labute approximate surface area is 142 Å². The molecule has 1 heterocycles. The van der Waals surface area contributed by atoms with Crippen LogP contribution in [-0.2, 0) is 6.54 Å². The molecule has 2 aromatic carbocycles. The van der Waals surface area contributed by atoms with Crippen molar-refractivity contribution < 1.29 is 9.47 Å². The molecule has 124 valence electrons. The fourth-order valence-corrected chi connectivity index (χ4v) is 2.61. The summed E-state index contributed by atoms with van der Waals surface area (Å²) in [6, 6.07) is 14.4. The van der Waals surface area contributed by atoms with E-state index in [2.05, 4.69) is 41.2 Å². The van der Waals surface area contributed by atoms with Gasteiger partial charge in [-0.25, -0.2) is 4.98 Å². The summed E-state index contributed by atoms with van der Waals surface area (Å²) >= 11 is 0. The maximum atomic E-state index is 5.37. The van der Waals surface area contributed by atoms with Gasteiger partial charge in [-0.05, 0) is 29.8 Å². The van der Waals surface area contributed by atoms with E-state index in [1.54, 1.807) is 26.7 Å². The molecule has 0 aliphatic carbocycles. The van der Waals surface area contributed by atoms with Crippen molar-refractivity contribution in [3.63, 3.8) is 0 Å². The second kappa shape index (κ2) is 7.08. The van der Waals surface area contributed by atoms with Crippen LogP contribution in [0.25, 0.3) is 5.69 Å². The number of nitrogens with zero attached hydrogens (tertiary/aromatic N) is 3. The second-order valence-electron chi connectivity index (χ2n) is 5.53. The van der Waals surface area contributed by atoms with E-state index in [0.29, 0.717) is 0 Å². The van der Waals surface area contributed by atoms with Crippen LogP contribution < -0.4 is 14.4 Å². The predicted molar refractivity (Wildman–Crippen MR) is 95.2 cm³/mol. The lowest BCUT2D eigenvalue weighted by molar-refractivity contribution is 0.355. The van der Waals surface area contributed by atoms with Gasteiger partial charge < -0.3 is 18.9 Å². The molecule has 0 N–H and O–H groups in total. The molecule has 0 saturated carbocycles. The molecule has 0 spiro atoms. The Bertz CT molecular complexity index is 783. The van der Waals surface area contributed by atoms with Crippen molar-refractivity contribution in [2.75, 3.05) is 26.2 Å². The zero-order valence-corrected chi connectivity index (χ0v) is 14.1. The van der Waals surface area contributed by atoms with Gasteiger partial charge in [0.1, 0.15) is 0 Å². The molecular weight excluding hydrogens is 302 g/mol. The van der Waals surface area contributed by atoms with Crippen LogP contribution >= 0.6 is 0 Å². The van der Waals surface area contributed by atoms with Crippen molar-refractivity contribution in [2.24, 2.45) is 0 Å². The molecule has 3 rings (SSSR count). The van der Waals surface area contributed by atoms with Crippen LogP contribution in [0, 0.1) is 0 Å². The third-order valence-electron chi connectivity index (χ3n) is 3.97. The summed E-state index contributed by atoms with van der Waals surface area (Å²) in [6.45, 7) is 0.805. The lowest BCUT2D eigenvalue weighted by Crippen LogP contribution is -2.16. The highest BCUT2D eigenvalue weighted by Crippen LogP contribution is 2.31. The highest BCUT2D eigenvalue weighted by atomic mass is 16.5. The molecular formula is C19H21N3O2. The molecule has 24 heavy (non-hydrogen) atoms. The largest absolute Gasteiger partial charge is 0.493 e.